The number of aryl methyl sites for hydroxylation is 1. The van der Waals surface area contributed by atoms with Crippen LogP contribution < -0.4 is 5.32 Å². The van der Waals surface area contributed by atoms with Gasteiger partial charge in [0.25, 0.3) is 0 Å². The van der Waals surface area contributed by atoms with Gasteiger partial charge in [0.2, 0.25) is 0 Å². The monoisotopic (exact) mass is 386 g/mol. The summed E-state index contributed by atoms with van der Waals surface area (Å²) in [5.41, 5.74) is 5.12. The van der Waals surface area contributed by atoms with Gasteiger partial charge in [0.15, 0.2) is 0 Å². The van der Waals surface area contributed by atoms with Crippen LogP contribution in [0.5, 0.6) is 0 Å². The second-order valence-electron chi connectivity index (χ2n) is 6.89. The predicted molar refractivity (Wildman–Crippen MR) is 114 cm³/mol. The van der Waals surface area contributed by atoms with E-state index >= 15 is 0 Å². The van der Waals surface area contributed by atoms with Crippen molar-refractivity contribution in [2.45, 2.75) is 19.5 Å². The number of nitrogens with one attached hydrogen (secondary N) is 1. The summed E-state index contributed by atoms with van der Waals surface area (Å²) >= 11 is 0. The van der Waals surface area contributed by atoms with E-state index in [1.54, 1.807) is 24.5 Å². The smallest absolute Gasteiger partial charge is 0.123 e. The molecule has 0 aliphatic heterocycles. The van der Waals surface area contributed by atoms with Gasteiger partial charge in [0, 0.05) is 36.6 Å². The Balaban J connectivity index is 1.48. The second kappa shape index (κ2) is 9.26. The van der Waals surface area contributed by atoms with Crippen LogP contribution in [0.4, 0.5) is 4.39 Å². The molecule has 0 fully saturated rings. The third-order valence-corrected chi connectivity index (χ3v) is 4.83. The van der Waals surface area contributed by atoms with Crippen molar-refractivity contribution >= 4 is 0 Å². The molecule has 0 bridgehead atoms. The van der Waals surface area contributed by atoms with E-state index in [1.165, 1.54) is 17.7 Å². The maximum Gasteiger partial charge on any atom is 0.123 e. The molecule has 4 nitrogen and oxygen atoms in total. The largest absolute Gasteiger partial charge is 0.330 e. The van der Waals surface area contributed by atoms with Crippen LogP contribution in [0.2, 0.25) is 0 Å². The van der Waals surface area contributed by atoms with E-state index in [2.05, 4.69) is 44.1 Å². The van der Waals surface area contributed by atoms with E-state index in [9.17, 15) is 4.39 Å². The fraction of sp³-hybridized carbons (Fsp3) is 0.167. The Hall–Kier alpha value is -3.31. The van der Waals surface area contributed by atoms with Crippen LogP contribution in [0, 0.1) is 5.82 Å². The molecule has 0 aliphatic carbocycles. The summed E-state index contributed by atoms with van der Waals surface area (Å²) in [5.74, 6) is -0.247. The van der Waals surface area contributed by atoms with Gasteiger partial charge in [-0.1, -0.05) is 30.3 Å². The van der Waals surface area contributed by atoms with Gasteiger partial charge in [0.05, 0.1) is 17.7 Å². The number of hydrogen-bond donors (Lipinski definition) is 1. The second-order valence-corrected chi connectivity index (χ2v) is 6.89. The highest BCUT2D eigenvalue weighted by Gasteiger charge is 2.15. The Labute approximate surface area is 170 Å². The zero-order chi connectivity index (χ0) is 19.9. The molecule has 0 saturated heterocycles. The minimum absolute atomic E-state index is 0.247. The fourth-order valence-corrected chi connectivity index (χ4v) is 3.39. The highest BCUT2D eigenvalue weighted by Crippen LogP contribution is 2.31. The molecule has 0 saturated carbocycles. The first-order valence-electron chi connectivity index (χ1n) is 9.77. The lowest BCUT2D eigenvalue weighted by Gasteiger charge is -2.11. The van der Waals surface area contributed by atoms with Gasteiger partial charge >= 0.3 is 0 Å². The molecule has 5 heteroatoms. The van der Waals surface area contributed by atoms with Crippen LogP contribution in [0.15, 0.2) is 85.5 Å². The van der Waals surface area contributed by atoms with E-state index in [4.69, 9.17) is 0 Å². The van der Waals surface area contributed by atoms with Crippen LogP contribution in [0.3, 0.4) is 0 Å². The molecule has 2 aromatic heterocycles. The van der Waals surface area contributed by atoms with Gasteiger partial charge in [-0.25, -0.2) is 9.37 Å². The lowest BCUT2D eigenvalue weighted by Crippen LogP contribution is -2.16. The Morgan fingerprint density at radius 3 is 2.38 bits per heavy atom. The molecule has 4 rings (SSSR count). The molecule has 0 radical (unpaired) electrons. The van der Waals surface area contributed by atoms with Gasteiger partial charge in [-0.2, -0.15) is 0 Å². The van der Waals surface area contributed by atoms with Crippen molar-refractivity contribution in [1.29, 1.82) is 0 Å². The number of pyridine rings is 1. The predicted octanol–water partition coefficient (Wildman–Crippen LogP) is 4.93. The van der Waals surface area contributed by atoms with Gasteiger partial charge in [-0.15, -0.1) is 0 Å². The number of rotatable bonds is 8. The average molecular weight is 386 g/mol. The van der Waals surface area contributed by atoms with Crippen LogP contribution >= 0.6 is 0 Å². The van der Waals surface area contributed by atoms with Crippen LogP contribution in [-0.2, 0) is 13.1 Å². The summed E-state index contributed by atoms with van der Waals surface area (Å²) < 4.78 is 15.5. The Bertz CT molecular complexity index is 1030. The molecular weight excluding hydrogens is 363 g/mol. The SMILES string of the molecule is Fc1ccc(-c2ncn(CCCNCc3ccccc3)c2-c2ccncc2)cc1. The van der Waals surface area contributed by atoms with Crippen LogP contribution in [0.25, 0.3) is 22.5 Å². The Morgan fingerprint density at radius 1 is 0.862 bits per heavy atom. The van der Waals surface area contributed by atoms with E-state index < -0.39 is 0 Å². The molecule has 29 heavy (non-hydrogen) atoms. The number of halogens is 1. The number of nitrogens with zero attached hydrogens (tertiary/aromatic N) is 3. The van der Waals surface area contributed by atoms with E-state index in [1.807, 2.05) is 24.5 Å². The normalized spacial score (nSPS) is 10.9. The first-order chi connectivity index (χ1) is 14.3. The third-order valence-electron chi connectivity index (χ3n) is 4.83. The van der Waals surface area contributed by atoms with E-state index in [0.29, 0.717) is 0 Å². The van der Waals surface area contributed by atoms with Crippen molar-refractivity contribution in [2.24, 2.45) is 0 Å². The first-order valence-corrected chi connectivity index (χ1v) is 9.77. The number of hydrogen-bond acceptors (Lipinski definition) is 3. The van der Waals surface area contributed by atoms with Crippen molar-refractivity contribution in [1.82, 2.24) is 19.9 Å². The van der Waals surface area contributed by atoms with Crippen molar-refractivity contribution in [2.75, 3.05) is 6.54 Å². The highest BCUT2D eigenvalue weighted by molar-refractivity contribution is 5.78. The third kappa shape index (κ3) is 4.76. The number of imidazole rings is 1. The molecule has 0 spiro atoms. The van der Waals surface area contributed by atoms with Crippen LogP contribution in [-0.4, -0.2) is 21.1 Å². The summed E-state index contributed by atoms with van der Waals surface area (Å²) in [6, 6.07) is 20.8. The van der Waals surface area contributed by atoms with E-state index in [-0.39, 0.29) is 5.82 Å². The summed E-state index contributed by atoms with van der Waals surface area (Å²) in [4.78, 5) is 8.76. The maximum absolute atomic E-state index is 13.4. The van der Waals surface area contributed by atoms with Crippen molar-refractivity contribution in [3.05, 3.63) is 96.8 Å². The Kier molecular flexibility index (Phi) is 6.07. The fourth-order valence-electron chi connectivity index (χ4n) is 3.39. The Morgan fingerprint density at radius 2 is 1.62 bits per heavy atom. The molecule has 2 aromatic carbocycles. The molecular formula is C24H23FN4. The van der Waals surface area contributed by atoms with Gasteiger partial charge in [0.1, 0.15) is 5.82 Å². The van der Waals surface area contributed by atoms with Gasteiger partial charge in [-0.3, -0.25) is 4.98 Å². The van der Waals surface area contributed by atoms with Gasteiger partial charge in [-0.05, 0) is 54.9 Å². The minimum atomic E-state index is -0.247. The molecule has 0 aliphatic rings. The number of benzene rings is 2. The molecule has 1 N–H and O–H groups in total. The minimum Gasteiger partial charge on any atom is -0.330 e. The zero-order valence-electron chi connectivity index (χ0n) is 16.1. The molecule has 0 atom stereocenters. The molecule has 146 valence electrons. The highest BCUT2D eigenvalue weighted by atomic mass is 19.1. The summed E-state index contributed by atoms with van der Waals surface area (Å²) in [7, 11) is 0. The van der Waals surface area contributed by atoms with E-state index in [0.717, 1.165) is 48.6 Å². The molecule has 4 aromatic rings. The van der Waals surface area contributed by atoms with Crippen molar-refractivity contribution in [3.63, 3.8) is 0 Å². The van der Waals surface area contributed by atoms with Crippen molar-refractivity contribution in [3.8, 4) is 22.5 Å². The maximum atomic E-state index is 13.4. The summed E-state index contributed by atoms with van der Waals surface area (Å²) in [6.07, 6.45) is 6.40. The quantitative estimate of drug-likeness (QED) is 0.437. The standard InChI is InChI=1S/C24H23FN4/c25-22-9-7-20(8-10-22)23-24(21-11-14-26-15-12-21)29(18-28-23)16-4-13-27-17-19-5-2-1-3-6-19/h1-3,5-12,14-15,18,27H,4,13,16-17H2. The lowest BCUT2D eigenvalue weighted by molar-refractivity contribution is 0.583. The first kappa shape index (κ1) is 19.0. The lowest BCUT2D eigenvalue weighted by atomic mass is 10.1. The molecule has 0 amide bonds. The van der Waals surface area contributed by atoms with Crippen LogP contribution in [0.1, 0.15) is 12.0 Å². The molecule has 2 heterocycles. The number of aromatic nitrogens is 3. The zero-order valence-corrected chi connectivity index (χ0v) is 16.1. The topological polar surface area (TPSA) is 42.7 Å². The summed E-state index contributed by atoms with van der Waals surface area (Å²) in [6.45, 7) is 2.62. The van der Waals surface area contributed by atoms with Crippen molar-refractivity contribution < 1.29 is 4.39 Å². The summed E-state index contributed by atoms with van der Waals surface area (Å²) in [5, 5.41) is 3.49. The average Bonchev–Trinajstić information content (AvgIpc) is 3.19. The molecule has 0 unspecified atom stereocenters. The van der Waals surface area contributed by atoms with Gasteiger partial charge < -0.3 is 9.88 Å².